The SMILES string of the molecule is CCNCCC(=O)N(C)Cc1ccc(O)c(OC)c1. The van der Waals surface area contributed by atoms with E-state index < -0.39 is 0 Å². The second kappa shape index (κ2) is 7.63. The zero-order chi connectivity index (χ0) is 14.3. The molecule has 0 heterocycles. The zero-order valence-corrected chi connectivity index (χ0v) is 11.8. The molecule has 1 aromatic carbocycles. The Kier molecular flexibility index (Phi) is 6.15. The Hall–Kier alpha value is -1.75. The van der Waals surface area contributed by atoms with Crippen molar-refractivity contribution in [3.8, 4) is 11.5 Å². The van der Waals surface area contributed by atoms with Gasteiger partial charge in [0.05, 0.1) is 7.11 Å². The smallest absolute Gasteiger partial charge is 0.223 e. The molecule has 1 amide bonds. The fraction of sp³-hybridized carbons (Fsp3) is 0.500. The van der Waals surface area contributed by atoms with E-state index >= 15 is 0 Å². The van der Waals surface area contributed by atoms with Crippen molar-refractivity contribution in [1.29, 1.82) is 0 Å². The first kappa shape index (κ1) is 15.3. The van der Waals surface area contributed by atoms with Gasteiger partial charge in [0, 0.05) is 26.6 Å². The number of ether oxygens (including phenoxy) is 1. The standard InChI is InChI=1S/C14H22N2O3/c1-4-15-8-7-14(18)16(2)10-11-5-6-12(17)13(9-11)19-3/h5-6,9,15,17H,4,7-8,10H2,1-3H3. The molecular formula is C14H22N2O3. The van der Waals surface area contributed by atoms with Gasteiger partial charge in [0.2, 0.25) is 5.91 Å². The van der Waals surface area contributed by atoms with Gasteiger partial charge in [-0.05, 0) is 24.2 Å². The van der Waals surface area contributed by atoms with Crippen molar-refractivity contribution >= 4 is 5.91 Å². The van der Waals surface area contributed by atoms with E-state index in [2.05, 4.69) is 5.32 Å². The molecule has 0 fully saturated rings. The van der Waals surface area contributed by atoms with E-state index in [0.29, 0.717) is 25.3 Å². The van der Waals surface area contributed by atoms with Crippen LogP contribution in [0.3, 0.4) is 0 Å². The van der Waals surface area contributed by atoms with Crippen molar-refractivity contribution in [1.82, 2.24) is 10.2 Å². The van der Waals surface area contributed by atoms with E-state index in [4.69, 9.17) is 4.74 Å². The molecule has 19 heavy (non-hydrogen) atoms. The van der Waals surface area contributed by atoms with Crippen molar-refractivity contribution in [3.05, 3.63) is 23.8 Å². The number of methoxy groups -OCH3 is 1. The topological polar surface area (TPSA) is 61.8 Å². The number of amides is 1. The number of carbonyl (C=O) groups excluding carboxylic acids is 1. The Labute approximate surface area is 114 Å². The van der Waals surface area contributed by atoms with Crippen LogP contribution < -0.4 is 10.1 Å². The molecule has 0 radical (unpaired) electrons. The number of rotatable bonds is 7. The number of phenols is 1. The maximum absolute atomic E-state index is 11.8. The van der Waals surface area contributed by atoms with Gasteiger partial charge in [0.25, 0.3) is 0 Å². The lowest BCUT2D eigenvalue weighted by Gasteiger charge is -2.18. The number of carbonyl (C=O) groups is 1. The maximum Gasteiger partial charge on any atom is 0.223 e. The molecule has 106 valence electrons. The minimum atomic E-state index is 0.0907. The van der Waals surface area contributed by atoms with Gasteiger partial charge in [-0.2, -0.15) is 0 Å². The number of nitrogens with one attached hydrogen (secondary N) is 1. The van der Waals surface area contributed by atoms with Crippen molar-refractivity contribution in [3.63, 3.8) is 0 Å². The van der Waals surface area contributed by atoms with Crippen LogP contribution in [-0.4, -0.2) is 43.2 Å². The molecule has 0 bridgehead atoms. The van der Waals surface area contributed by atoms with E-state index in [0.717, 1.165) is 12.1 Å². The molecule has 5 nitrogen and oxygen atoms in total. The molecule has 0 unspecified atom stereocenters. The highest BCUT2D eigenvalue weighted by Crippen LogP contribution is 2.26. The van der Waals surface area contributed by atoms with Crippen LogP contribution in [0.4, 0.5) is 0 Å². The summed E-state index contributed by atoms with van der Waals surface area (Å²) < 4.78 is 5.04. The van der Waals surface area contributed by atoms with Crippen LogP contribution in [0.25, 0.3) is 0 Å². The van der Waals surface area contributed by atoms with Gasteiger partial charge >= 0.3 is 0 Å². The Morgan fingerprint density at radius 1 is 1.47 bits per heavy atom. The fourth-order valence-electron chi connectivity index (χ4n) is 1.75. The van der Waals surface area contributed by atoms with Gasteiger partial charge in [-0.25, -0.2) is 0 Å². The summed E-state index contributed by atoms with van der Waals surface area (Å²) in [7, 11) is 3.28. The molecule has 0 spiro atoms. The first-order valence-corrected chi connectivity index (χ1v) is 6.39. The average molecular weight is 266 g/mol. The highest BCUT2D eigenvalue weighted by atomic mass is 16.5. The van der Waals surface area contributed by atoms with Gasteiger partial charge in [0.15, 0.2) is 11.5 Å². The summed E-state index contributed by atoms with van der Waals surface area (Å²) in [6, 6.07) is 5.10. The summed E-state index contributed by atoms with van der Waals surface area (Å²) in [5.41, 5.74) is 0.925. The van der Waals surface area contributed by atoms with Crippen LogP contribution in [0, 0.1) is 0 Å². The van der Waals surface area contributed by atoms with E-state index in [9.17, 15) is 9.90 Å². The Morgan fingerprint density at radius 3 is 2.84 bits per heavy atom. The first-order valence-electron chi connectivity index (χ1n) is 6.39. The Bertz CT molecular complexity index is 421. The quantitative estimate of drug-likeness (QED) is 0.732. The summed E-state index contributed by atoms with van der Waals surface area (Å²) in [4.78, 5) is 13.5. The molecule has 0 aliphatic heterocycles. The van der Waals surface area contributed by atoms with Gasteiger partial charge in [-0.15, -0.1) is 0 Å². The van der Waals surface area contributed by atoms with E-state index in [1.807, 2.05) is 6.92 Å². The van der Waals surface area contributed by atoms with Crippen molar-refractivity contribution in [2.75, 3.05) is 27.2 Å². The number of benzene rings is 1. The summed E-state index contributed by atoms with van der Waals surface area (Å²) in [5, 5.41) is 12.6. The van der Waals surface area contributed by atoms with Gasteiger partial charge < -0.3 is 20.1 Å². The third kappa shape index (κ3) is 4.79. The third-order valence-electron chi connectivity index (χ3n) is 2.86. The average Bonchev–Trinajstić information content (AvgIpc) is 2.41. The summed E-state index contributed by atoms with van der Waals surface area (Å²) >= 11 is 0. The second-order valence-corrected chi connectivity index (χ2v) is 4.36. The lowest BCUT2D eigenvalue weighted by molar-refractivity contribution is -0.130. The number of hydrogen-bond acceptors (Lipinski definition) is 4. The predicted molar refractivity (Wildman–Crippen MR) is 74.3 cm³/mol. The molecule has 0 aliphatic rings. The van der Waals surface area contributed by atoms with E-state index in [1.54, 1.807) is 30.1 Å². The largest absolute Gasteiger partial charge is 0.504 e. The molecule has 0 aliphatic carbocycles. The van der Waals surface area contributed by atoms with Crippen molar-refractivity contribution < 1.29 is 14.6 Å². The van der Waals surface area contributed by atoms with Crippen LogP contribution in [0.15, 0.2) is 18.2 Å². The highest BCUT2D eigenvalue weighted by Gasteiger charge is 2.10. The predicted octanol–water partition coefficient (Wildman–Crippen LogP) is 1.36. The van der Waals surface area contributed by atoms with Gasteiger partial charge in [-0.3, -0.25) is 4.79 Å². The number of aromatic hydroxyl groups is 1. The summed E-state index contributed by atoms with van der Waals surface area (Å²) in [6.07, 6.45) is 0.486. The van der Waals surface area contributed by atoms with Crippen LogP contribution >= 0.6 is 0 Å². The van der Waals surface area contributed by atoms with E-state index in [-0.39, 0.29) is 11.7 Å². The van der Waals surface area contributed by atoms with Crippen LogP contribution in [-0.2, 0) is 11.3 Å². The molecule has 1 rings (SSSR count). The molecular weight excluding hydrogens is 244 g/mol. The lowest BCUT2D eigenvalue weighted by Crippen LogP contribution is -2.29. The summed E-state index contributed by atoms with van der Waals surface area (Å²) in [5.74, 6) is 0.617. The number of hydrogen-bond donors (Lipinski definition) is 2. The van der Waals surface area contributed by atoms with Gasteiger partial charge in [-0.1, -0.05) is 13.0 Å². The first-order chi connectivity index (χ1) is 9.08. The molecule has 0 atom stereocenters. The van der Waals surface area contributed by atoms with Crippen molar-refractivity contribution in [2.24, 2.45) is 0 Å². The molecule has 0 aromatic heterocycles. The summed E-state index contributed by atoms with van der Waals surface area (Å²) in [6.45, 7) is 4.07. The number of nitrogens with zero attached hydrogens (tertiary/aromatic N) is 1. The Balaban J connectivity index is 2.56. The monoisotopic (exact) mass is 266 g/mol. The van der Waals surface area contributed by atoms with Crippen LogP contribution in [0.2, 0.25) is 0 Å². The molecule has 0 saturated carbocycles. The molecule has 0 saturated heterocycles. The minimum Gasteiger partial charge on any atom is -0.504 e. The molecule has 1 aromatic rings. The van der Waals surface area contributed by atoms with E-state index in [1.165, 1.54) is 7.11 Å². The normalized spacial score (nSPS) is 10.3. The number of phenolic OH excluding ortho intramolecular Hbond substituents is 1. The molecule has 5 heteroatoms. The highest BCUT2D eigenvalue weighted by molar-refractivity contribution is 5.76. The van der Waals surface area contributed by atoms with Crippen LogP contribution in [0.5, 0.6) is 11.5 Å². The molecule has 2 N–H and O–H groups in total. The second-order valence-electron chi connectivity index (χ2n) is 4.36. The Morgan fingerprint density at radius 2 is 2.21 bits per heavy atom. The van der Waals surface area contributed by atoms with Gasteiger partial charge in [0.1, 0.15) is 0 Å². The van der Waals surface area contributed by atoms with Crippen LogP contribution in [0.1, 0.15) is 18.9 Å². The lowest BCUT2D eigenvalue weighted by atomic mass is 10.2. The zero-order valence-electron chi connectivity index (χ0n) is 11.8. The maximum atomic E-state index is 11.8. The third-order valence-corrected chi connectivity index (χ3v) is 2.86. The minimum absolute atomic E-state index is 0.0907. The fourth-order valence-corrected chi connectivity index (χ4v) is 1.75. The van der Waals surface area contributed by atoms with Crippen molar-refractivity contribution in [2.45, 2.75) is 19.9 Å².